The van der Waals surface area contributed by atoms with Crippen molar-refractivity contribution in [3.63, 3.8) is 0 Å². The Morgan fingerprint density at radius 2 is 1.70 bits per heavy atom. The predicted octanol–water partition coefficient (Wildman–Crippen LogP) is 5.15. The SMILES string of the molecule is CC12CC[C@H]3C(C)(C)CCCC3(C)C1Cc1cc(O)cc(O)c12. The van der Waals surface area contributed by atoms with E-state index in [2.05, 4.69) is 27.7 Å². The van der Waals surface area contributed by atoms with Gasteiger partial charge in [-0.25, -0.2) is 0 Å². The van der Waals surface area contributed by atoms with Gasteiger partial charge in [0.1, 0.15) is 11.5 Å². The number of benzene rings is 1. The van der Waals surface area contributed by atoms with Crippen LogP contribution in [0.2, 0.25) is 0 Å². The third-order valence-electron chi connectivity index (χ3n) is 7.97. The molecule has 3 unspecified atom stereocenters. The van der Waals surface area contributed by atoms with Crippen LogP contribution >= 0.6 is 0 Å². The van der Waals surface area contributed by atoms with Gasteiger partial charge < -0.3 is 10.2 Å². The Balaban J connectivity index is 1.84. The monoisotopic (exact) mass is 314 g/mol. The van der Waals surface area contributed by atoms with E-state index in [1.54, 1.807) is 0 Å². The van der Waals surface area contributed by atoms with Crippen LogP contribution in [0.15, 0.2) is 12.1 Å². The smallest absolute Gasteiger partial charge is 0.123 e. The zero-order valence-corrected chi connectivity index (χ0v) is 14.9. The first-order valence-corrected chi connectivity index (χ1v) is 9.24. The van der Waals surface area contributed by atoms with Crippen molar-refractivity contribution in [2.45, 2.75) is 71.6 Å². The zero-order chi connectivity index (χ0) is 16.6. The average Bonchev–Trinajstić information content (AvgIpc) is 2.71. The summed E-state index contributed by atoms with van der Waals surface area (Å²) < 4.78 is 0. The van der Waals surface area contributed by atoms with Crippen molar-refractivity contribution in [2.75, 3.05) is 0 Å². The van der Waals surface area contributed by atoms with Crippen LogP contribution in [0, 0.1) is 22.7 Å². The first kappa shape index (κ1) is 15.4. The van der Waals surface area contributed by atoms with Gasteiger partial charge in [-0.2, -0.15) is 0 Å². The maximum Gasteiger partial charge on any atom is 0.123 e. The maximum atomic E-state index is 10.5. The van der Waals surface area contributed by atoms with Crippen molar-refractivity contribution in [1.82, 2.24) is 0 Å². The number of phenolic OH excluding ortho intramolecular Hbond substituents is 2. The molecule has 0 radical (unpaired) electrons. The molecule has 3 aliphatic rings. The molecule has 0 saturated heterocycles. The second kappa shape index (κ2) is 4.46. The molecule has 23 heavy (non-hydrogen) atoms. The fourth-order valence-electron chi connectivity index (χ4n) is 7.12. The van der Waals surface area contributed by atoms with Crippen LogP contribution < -0.4 is 0 Å². The molecular formula is C21H30O2. The summed E-state index contributed by atoms with van der Waals surface area (Å²) in [4.78, 5) is 0. The fourth-order valence-corrected chi connectivity index (χ4v) is 7.12. The minimum atomic E-state index is 0.0613. The molecule has 0 heterocycles. The molecule has 126 valence electrons. The van der Waals surface area contributed by atoms with Crippen molar-refractivity contribution in [3.8, 4) is 11.5 Å². The Morgan fingerprint density at radius 3 is 2.43 bits per heavy atom. The van der Waals surface area contributed by atoms with Crippen LogP contribution in [0.5, 0.6) is 11.5 Å². The fraction of sp³-hybridized carbons (Fsp3) is 0.714. The van der Waals surface area contributed by atoms with E-state index in [9.17, 15) is 10.2 Å². The minimum absolute atomic E-state index is 0.0613. The molecule has 0 amide bonds. The quantitative estimate of drug-likeness (QED) is 0.695. The van der Waals surface area contributed by atoms with Crippen molar-refractivity contribution < 1.29 is 10.2 Å². The lowest BCUT2D eigenvalue weighted by Crippen LogP contribution is -2.55. The molecule has 3 aliphatic carbocycles. The molecule has 1 aromatic carbocycles. The number of hydrogen-bond donors (Lipinski definition) is 2. The third kappa shape index (κ3) is 1.87. The van der Waals surface area contributed by atoms with Gasteiger partial charge in [0.25, 0.3) is 0 Å². The van der Waals surface area contributed by atoms with E-state index in [0.29, 0.717) is 22.5 Å². The molecule has 0 spiro atoms. The summed E-state index contributed by atoms with van der Waals surface area (Å²) in [7, 11) is 0. The van der Waals surface area contributed by atoms with Crippen LogP contribution in [0.3, 0.4) is 0 Å². The predicted molar refractivity (Wildman–Crippen MR) is 92.8 cm³/mol. The highest BCUT2D eigenvalue weighted by Gasteiger charge is 2.61. The Bertz CT molecular complexity index is 662. The van der Waals surface area contributed by atoms with Gasteiger partial charge in [-0.05, 0) is 66.4 Å². The number of aromatic hydroxyl groups is 2. The summed E-state index contributed by atoms with van der Waals surface area (Å²) in [5.74, 6) is 1.86. The molecule has 2 N–H and O–H groups in total. The Morgan fingerprint density at radius 1 is 0.957 bits per heavy atom. The highest BCUT2D eigenvalue weighted by molar-refractivity contribution is 5.54. The molecule has 2 heteroatoms. The summed E-state index contributed by atoms with van der Waals surface area (Å²) >= 11 is 0. The summed E-state index contributed by atoms with van der Waals surface area (Å²) in [5, 5.41) is 20.5. The molecule has 2 saturated carbocycles. The van der Waals surface area contributed by atoms with Gasteiger partial charge in [0.05, 0.1) is 0 Å². The molecule has 4 atom stereocenters. The standard InChI is InChI=1S/C21H30O2/c1-19(2)7-5-8-20(3)16(19)6-9-21(4)17(20)11-13-10-14(22)12-15(23)18(13)21/h10,12,16-17,22-23H,5-9,11H2,1-4H3/t16-,17?,20?,21?/m0/s1. The highest BCUT2D eigenvalue weighted by Crippen LogP contribution is 2.68. The van der Waals surface area contributed by atoms with Gasteiger partial charge in [0.15, 0.2) is 0 Å². The lowest BCUT2D eigenvalue weighted by atomic mass is 9.43. The van der Waals surface area contributed by atoms with Crippen molar-refractivity contribution in [1.29, 1.82) is 0 Å². The van der Waals surface area contributed by atoms with E-state index in [1.807, 2.05) is 6.07 Å². The van der Waals surface area contributed by atoms with Crippen molar-refractivity contribution in [2.24, 2.45) is 22.7 Å². The molecule has 0 aliphatic heterocycles. The summed E-state index contributed by atoms with van der Waals surface area (Å²) in [6.45, 7) is 9.80. The van der Waals surface area contributed by atoms with E-state index in [1.165, 1.54) is 37.3 Å². The van der Waals surface area contributed by atoms with Crippen LogP contribution in [0.25, 0.3) is 0 Å². The van der Waals surface area contributed by atoms with Crippen LogP contribution in [-0.2, 0) is 11.8 Å². The van der Waals surface area contributed by atoms with E-state index in [0.717, 1.165) is 24.3 Å². The van der Waals surface area contributed by atoms with E-state index < -0.39 is 0 Å². The third-order valence-corrected chi connectivity index (χ3v) is 7.97. The molecule has 2 nitrogen and oxygen atoms in total. The van der Waals surface area contributed by atoms with Gasteiger partial charge in [0.2, 0.25) is 0 Å². The molecule has 0 bridgehead atoms. The minimum Gasteiger partial charge on any atom is -0.508 e. The van der Waals surface area contributed by atoms with Crippen LogP contribution in [-0.4, -0.2) is 10.2 Å². The number of hydrogen-bond acceptors (Lipinski definition) is 2. The molecule has 1 aromatic rings. The van der Waals surface area contributed by atoms with Gasteiger partial charge in [-0.15, -0.1) is 0 Å². The Hall–Kier alpha value is -1.18. The topological polar surface area (TPSA) is 40.5 Å². The Kier molecular flexibility index (Phi) is 2.98. The first-order valence-electron chi connectivity index (χ1n) is 9.24. The normalized spacial score (nSPS) is 41.0. The summed E-state index contributed by atoms with van der Waals surface area (Å²) in [5.41, 5.74) is 3.14. The van der Waals surface area contributed by atoms with Gasteiger partial charge >= 0.3 is 0 Å². The van der Waals surface area contributed by atoms with Crippen molar-refractivity contribution >= 4 is 0 Å². The second-order valence-electron chi connectivity index (χ2n) is 9.61. The largest absolute Gasteiger partial charge is 0.508 e. The average molecular weight is 314 g/mol. The molecule has 0 aromatic heterocycles. The van der Waals surface area contributed by atoms with Gasteiger partial charge in [0, 0.05) is 17.0 Å². The number of phenols is 2. The number of rotatable bonds is 0. The summed E-state index contributed by atoms with van der Waals surface area (Å²) in [6, 6.07) is 3.43. The maximum absolute atomic E-state index is 10.5. The first-order chi connectivity index (χ1) is 10.7. The number of fused-ring (bicyclic) bond motifs is 5. The van der Waals surface area contributed by atoms with Crippen LogP contribution in [0.1, 0.15) is 70.9 Å². The van der Waals surface area contributed by atoms with E-state index in [4.69, 9.17) is 0 Å². The van der Waals surface area contributed by atoms with E-state index in [-0.39, 0.29) is 11.2 Å². The lowest BCUT2D eigenvalue weighted by molar-refractivity contribution is -0.0984. The highest BCUT2D eigenvalue weighted by atomic mass is 16.3. The Labute approximate surface area is 139 Å². The van der Waals surface area contributed by atoms with Crippen LogP contribution in [0.4, 0.5) is 0 Å². The van der Waals surface area contributed by atoms with Gasteiger partial charge in [-0.3, -0.25) is 0 Å². The second-order valence-corrected chi connectivity index (χ2v) is 9.61. The molecular weight excluding hydrogens is 284 g/mol. The van der Waals surface area contributed by atoms with Gasteiger partial charge in [-0.1, -0.05) is 34.1 Å². The summed E-state index contributed by atoms with van der Waals surface area (Å²) in [6.07, 6.45) is 7.40. The zero-order valence-electron chi connectivity index (χ0n) is 14.9. The van der Waals surface area contributed by atoms with Crippen molar-refractivity contribution in [3.05, 3.63) is 23.3 Å². The molecule has 4 rings (SSSR count). The van der Waals surface area contributed by atoms with E-state index >= 15 is 0 Å². The molecule has 2 fully saturated rings. The lowest BCUT2D eigenvalue weighted by Gasteiger charge is -2.61.